The average Bonchev–Trinajstić information content (AvgIpc) is 2.36. The Morgan fingerprint density at radius 3 is 2.91 bits per heavy atom. The number of hydrogen-bond donors (Lipinski definition) is 0. The summed E-state index contributed by atoms with van der Waals surface area (Å²) in [6.45, 7) is 5.26. The normalized spacial score (nSPS) is 16.2. The van der Waals surface area contributed by atoms with E-state index in [9.17, 15) is 0 Å². The molecule has 1 heterocycles. The number of nitrogens with zero attached hydrogens (tertiary/aromatic N) is 2. The van der Waals surface area contributed by atoms with Gasteiger partial charge in [0, 0.05) is 25.4 Å². The first-order chi connectivity index (χ1) is 4.88. The molecule has 1 rings (SSSR count). The molecule has 0 aliphatic carbocycles. The fourth-order valence-electron chi connectivity index (χ4n) is 1.19. The third-order valence-electron chi connectivity index (χ3n) is 1.73. The first-order valence-electron chi connectivity index (χ1n) is 3.72. The molecule has 0 atom stereocenters. The van der Waals surface area contributed by atoms with Gasteiger partial charge in [0.05, 0.1) is 6.54 Å². The predicted molar refractivity (Wildman–Crippen MR) is 52.1 cm³/mol. The van der Waals surface area contributed by atoms with Crippen molar-refractivity contribution in [3.63, 3.8) is 0 Å². The van der Waals surface area contributed by atoms with Gasteiger partial charge in [-0.05, 0) is 6.92 Å². The SMILES string of the molecule is CCN1CCN=C1CCCl.Cl. The maximum Gasteiger partial charge on any atom is 0.100 e. The highest BCUT2D eigenvalue weighted by atomic mass is 35.5. The minimum absolute atomic E-state index is 0. The number of likely N-dealkylation sites (N-methyl/N-ethyl adjacent to an activating group) is 1. The van der Waals surface area contributed by atoms with Gasteiger partial charge in [-0.3, -0.25) is 4.99 Å². The second-order valence-corrected chi connectivity index (χ2v) is 2.69. The molecule has 0 aromatic heterocycles. The van der Waals surface area contributed by atoms with Gasteiger partial charge < -0.3 is 4.90 Å². The molecule has 0 aromatic carbocycles. The van der Waals surface area contributed by atoms with Crippen LogP contribution in [0.25, 0.3) is 0 Å². The molecule has 0 unspecified atom stereocenters. The van der Waals surface area contributed by atoms with E-state index in [2.05, 4.69) is 16.8 Å². The van der Waals surface area contributed by atoms with E-state index in [1.807, 2.05) is 0 Å². The number of aliphatic imine (C=N–C) groups is 1. The van der Waals surface area contributed by atoms with Gasteiger partial charge in [-0.2, -0.15) is 0 Å². The quantitative estimate of drug-likeness (QED) is 0.629. The smallest absolute Gasteiger partial charge is 0.100 e. The van der Waals surface area contributed by atoms with Crippen molar-refractivity contribution in [1.29, 1.82) is 0 Å². The molecule has 66 valence electrons. The van der Waals surface area contributed by atoms with Crippen LogP contribution in [0.1, 0.15) is 13.3 Å². The van der Waals surface area contributed by atoms with Gasteiger partial charge in [-0.25, -0.2) is 0 Å². The summed E-state index contributed by atoms with van der Waals surface area (Å²) < 4.78 is 0. The van der Waals surface area contributed by atoms with Gasteiger partial charge >= 0.3 is 0 Å². The van der Waals surface area contributed by atoms with E-state index >= 15 is 0 Å². The van der Waals surface area contributed by atoms with Crippen molar-refractivity contribution in [2.45, 2.75) is 13.3 Å². The Balaban J connectivity index is 0.000001000. The zero-order valence-electron chi connectivity index (χ0n) is 6.72. The maximum atomic E-state index is 5.60. The maximum absolute atomic E-state index is 5.60. The van der Waals surface area contributed by atoms with Crippen LogP contribution < -0.4 is 0 Å². The lowest BCUT2D eigenvalue weighted by atomic mass is 10.4. The molecule has 0 aromatic rings. The number of hydrogen-bond acceptors (Lipinski definition) is 2. The fourth-order valence-corrected chi connectivity index (χ4v) is 1.36. The Kier molecular flexibility index (Phi) is 5.69. The summed E-state index contributed by atoms with van der Waals surface area (Å²) in [5, 5.41) is 0. The Morgan fingerprint density at radius 1 is 1.64 bits per heavy atom. The van der Waals surface area contributed by atoms with Crippen molar-refractivity contribution < 1.29 is 0 Å². The highest BCUT2D eigenvalue weighted by molar-refractivity contribution is 6.19. The molecule has 0 N–H and O–H groups in total. The van der Waals surface area contributed by atoms with Crippen molar-refractivity contribution in [3.8, 4) is 0 Å². The zero-order chi connectivity index (χ0) is 7.40. The van der Waals surface area contributed by atoms with Crippen LogP contribution in [0.3, 0.4) is 0 Å². The van der Waals surface area contributed by atoms with Crippen molar-refractivity contribution in [1.82, 2.24) is 4.90 Å². The lowest BCUT2D eigenvalue weighted by Crippen LogP contribution is -2.27. The summed E-state index contributed by atoms with van der Waals surface area (Å²) >= 11 is 5.60. The van der Waals surface area contributed by atoms with Gasteiger partial charge in [0.1, 0.15) is 5.84 Å². The fraction of sp³-hybridized carbons (Fsp3) is 0.857. The first kappa shape index (κ1) is 11.1. The van der Waals surface area contributed by atoms with Crippen LogP contribution in [0.15, 0.2) is 4.99 Å². The molecular formula is C7H14Cl2N2. The molecule has 4 heteroatoms. The number of halogens is 2. The van der Waals surface area contributed by atoms with Crippen LogP contribution in [-0.4, -0.2) is 36.2 Å². The third kappa shape index (κ3) is 2.88. The molecular weight excluding hydrogens is 183 g/mol. The Hall–Kier alpha value is 0.0500. The molecule has 0 fully saturated rings. The molecule has 2 nitrogen and oxygen atoms in total. The van der Waals surface area contributed by atoms with Crippen molar-refractivity contribution in [2.24, 2.45) is 4.99 Å². The van der Waals surface area contributed by atoms with Crippen molar-refractivity contribution in [3.05, 3.63) is 0 Å². The molecule has 0 bridgehead atoms. The van der Waals surface area contributed by atoms with Gasteiger partial charge in [-0.1, -0.05) is 0 Å². The Labute approximate surface area is 79.0 Å². The minimum Gasteiger partial charge on any atom is -0.359 e. The summed E-state index contributed by atoms with van der Waals surface area (Å²) in [4.78, 5) is 6.62. The minimum atomic E-state index is 0. The van der Waals surface area contributed by atoms with Crippen LogP contribution in [0.5, 0.6) is 0 Å². The van der Waals surface area contributed by atoms with E-state index in [0.717, 1.165) is 26.1 Å². The molecule has 1 aliphatic rings. The highest BCUT2D eigenvalue weighted by Gasteiger charge is 2.12. The molecule has 0 spiro atoms. The highest BCUT2D eigenvalue weighted by Crippen LogP contribution is 2.04. The van der Waals surface area contributed by atoms with Gasteiger partial charge in [0.2, 0.25) is 0 Å². The predicted octanol–water partition coefficient (Wildman–Crippen LogP) is 1.77. The number of alkyl halides is 1. The topological polar surface area (TPSA) is 15.6 Å². The summed E-state index contributed by atoms with van der Waals surface area (Å²) in [5.41, 5.74) is 0. The van der Waals surface area contributed by atoms with Crippen LogP contribution >= 0.6 is 24.0 Å². The van der Waals surface area contributed by atoms with E-state index in [-0.39, 0.29) is 12.4 Å². The van der Waals surface area contributed by atoms with E-state index in [1.54, 1.807) is 0 Å². The molecule has 0 amide bonds. The standard InChI is InChI=1S/C7H13ClN2.ClH/c1-2-10-6-5-9-7(10)3-4-8;/h2-6H2,1H3;1H. The summed E-state index contributed by atoms with van der Waals surface area (Å²) in [6, 6.07) is 0. The van der Waals surface area contributed by atoms with Gasteiger partial charge in [0.15, 0.2) is 0 Å². The molecule has 11 heavy (non-hydrogen) atoms. The number of amidine groups is 1. The monoisotopic (exact) mass is 196 g/mol. The molecule has 0 saturated carbocycles. The largest absolute Gasteiger partial charge is 0.359 e. The van der Waals surface area contributed by atoms with E-state index < -0.39 is 0 Å². The van der Waals surface area contributed by atoms with Crippen LogP contribution in [0, 0.1) is 0 Å². The van der Waals surface area contributed by atoms with E-state index in [1.165, 1.54) is 5.84 Å². The second-order valence-electron chi connectivity index (χ2n) is 2.32. The van der Waals surface area contributed by atoms with Crippen LogP contribution in [0.4, 0.5) is 0 Å². The van der Waals surface area contributed by atoms with Crippen LogP contribution in [-0.2, 0) is 0 Å². The Morgan fingerprint density at radius 2 is 2.36 bits per heavy atom. The zero-order valence-corrected chi connectivity index (χ0v) is 8.29. The number of rotatable bonds is 3. The average molecular weight is 197 g/mol. The van der Waals surface area contributed by atoms with Gasteiger partial charge in [-0.15, -0.1) is 24.0 Å². The molecule has 1 aliphatic heterocycles. The Bertz CT molecular complexity index is 136. The summed E-state index contributed by atoms with van der Waals surface area (Å²) in [7, 11) is 0. The van der Waals surface area contributed by atoms with Crippen molar-refractivity contribution in [2.75, 3.05) is 25.5 Å². The third-order valence-corrected chi connectivity index (χ3v) is 1.92. The van der Waals surface area contributed by atoms with E-state index in [4.69, 9.17) is 11.6 Å². The van der Waals surface area contributed by atoms with Gasteiger partial charge in [0.25, 0.3) is 0 Å². The van der Waals surface area contributed by atoms with Crippen molar-refractivity contribution >= 4 is 29.8 Å². The molecule has 0 saturated heterocycles. The lowest BCUT2D eigenvalue weighted by molar-refractivity contribution is 0.476. The lowest BCUT2D eigenvalue weighted by Gasteiger charge is -2.16. The second kappa shape index (κ2) is 5.67. The first-order valence-corrected chi connectivity index (χ1v) is 4.26. The van der Waals surface area contributed by atoms with Crippen LogP contribution in [0.2, 0.25) is 0 Å². The summed E-state index contributed by atoms with van der Waals surface area (Å²) in [5.74, 6) is 1.88. The summed E-state index contributed by atoms with van der Waals surface area (Å²) in [6.07, 6.45) is 0.926. The molecule has 0 radical (unpaired) electrons. The van der Waals surface area contributed by atoms with E-state index in [0.29, 0.717) is 5.88 Å².